The fourth-order valence-electron chi connectivity index (χ4n) is 2.17. The Hall–Kier alpha value is -0.620. The minimum atomic E-state index is -0.743. The van der Waals surface area contributed by atoms with Gasteiger partial charge in [-0.05, 0) is 59.7 Å². The average molecular weight is 331 g/mol. The third-order valence-corrected chi connectivity index (χ3v) is 3.79. The van der Waals surface area contributed by atoms with E-state index in [-0.39, 0.29) is 0 Å². The first-order valence-electron chi connectivity index (χ1n) is 5.35. The summed E-state index contributed by atoms with van der Waals surface area (Å²) in [6.45, 7) is 0.802. The van der Waals surface area contributed by atoms with Gasteiger partial charge >= 0.3 is 5.97 Å². The molecule has 0 bridgehead atoms. The molecule has 0 aromatic heterocycles. The molecule has 86 valence electrons. The zero-order valence-corrected chi connectivity index (χ0v) is 11.0. The van der Waals surface area contributed by atoms with Gasteiger partial charge < -0.3 is 10.4 Å². The monoisotopic (exact) mass is 331 g/mol. The van der Waals surface area contributed by atoms with Crippen molar-refractivity contribution in [2.75, 3.05) is 6.54 Å². The molecule has 0 radical (unpaired) electrons. The van der Waals surface area contributed by atoms with Crippen LogP contribution in [0.3, 0.4) is 0 Å². The predicted molar refractivity (Wildman–Crippen MR) is 70.5 cm³/mol. The number of carboxylic acids is 1. The van der Waals surface area contributed by atoms with Gasteiger partial charge in [0.25, 0.3) is 0 Å². The lowest BCUT2D eigenvalue weighted by Crippen LogP contribution is -2.49. The summed E-state index contributed by atoms with van der Waals surface area (Å²) in [5.74, 6) is -0.733. The van der Waals surface area contributed by atoms with E-state index in [1.807, 2.05) is 24.3 Å². The fourth-order valence-corrected chi connectivity index (χ4v) is 2.53. The Kier molecular flexibility index (Phi) is 3.49. The van der Waals surface area contributed by atoms with E-state index in [1.165, 1.54) is 3.57 Å². The van der Waals surface area contributed by atoms with E-state index in [1.54, 1.807) is 0 Å². The first-order valence-corrected chi connectivity index (χ1v) is 6.43. The van der Waals surface area contributed by atoms with E-state index >= 15 is 0 Å². The van der Waals surface area contributed by atoms with Crippen molar-refractivity contribution in [2.24, 2.45) is 0 Å². The molecule has 0 spiro atoms. The van der Waals surface area contributed by atoms with Crippen molar-refractivity contribution in [3.8, 4) is 0 Å². The van der Waals surface area contributed by atoms with Crippen LogP contribution in [-0.2, 0) is 11.2 Å². The van der Waals surface area contributed by atoms with E-state index < -0.39 is 11.5 Å². The Morgan fingerprint density at radius 2 is 2.12 bits per heavy atom. The van der Waals surface area contributed by atoms with Gasteiger partial charge in [0.15, 0.2) is 0 Å². The molecule has 0 aliphatic carbocycles. The Bertz CT molecular complexity index is 383. The molecule has 1 heterocycles. The second-order valence-electron chi connectivity index (χ2n) is 4.22. The van der Waals surface area contributed by atoms with Crippen molar-refractivity contribution < 1.29 is 9.90 Å². The van der Waals surface area contributed by atoms with Crippen LogP contribution < -0.4 is 5.32 Å². The Morgan fingerprint density at radius 3 is 2.62 bits per heavy atom. The number of hydrogen-bond acceptors (Lipinski definition) is 2. The molecule has 2 N–H and O–H groups in total. The Labute approximate surface area is 108 Å². The lowest BCUT2D eigenvalue weighted by atomic mass is 9.89. The minimum absolute atomic E-state index is 0.569. The Balaban J connectivity index is 2.18. The molecule has 0 amide bonds. The van der Waals surface area contributed by atoms with Crippen LogP contribution in [0.2, 0.25) is 0 Å². The molecule has 1 aromatic carbocycles. The molecule has 16 heavy (non-hydrogen) atoms. The van der Waals surface area contributed by atoms with Gasteiger partial charge in [-0.3, -0.25) is 4.79 Å². The summed E-state index contributed by atoms with van der Waals surface area (Å²) in [5.41, 5.74) is 0.337. The van der Waals surface area contributed by atoms with Gasteiger partial charge in [0.2, 0.25) is 0 Å². The lowest BCUT2D eigenvalue weighted by molar-refractivity contribution is -0.144. The van der Waals surface area contributed by atoms with Gasteiger partial charge in [-0.15, -0.1) is 0 Å². The molecule has 1 aliphatic heterocycles. The molecule has 2 rings (SSSR count). The number of halogens is 1. The number of carbonyl (C=O) groups is 1. The normalized spacial score (nSPS) is 24.6. The largest absolute Gasteiger partial charge is 0.480 e. The maximum Gasteiger partial charge on any atom is 0.324 e. The third kappa shape index (κ3) is 2.38. The van der Waals surface area contributed by atoms with Crippen LogP contribution in [0.15, 0.2) is 24.3 Å². The second kappa shape index (κ2) is 4.71. The molecule has 1 atom stereocenters. The highest BCUT2D eigenvalue weighted by atomic mass is 127. The number of aliphatic carboxylic acids is 1. The first kappa shape index (κ1) is 11.9. The zero-order valence-electron chi connectivity index (χ0n) is 8.87. The van der Waals surface area contributed by atoms with Crippen LogP contribution in [0.25, 0.3) is 0 Å². The maximum atomic E-state index is 11.3. The molecular weight excluding hydrogens is 317 g/mol. The first-order chi connectivity index (χ1) is 7.62. The summed E-state index contributed by atoms with van der Waals surface area (Å²) in [6.07, 6.45) is 2.23. The van der Waals surface area contributed by atoms with Gasteiger partial charge in [0.1, 0.15) is 5.54 Å². The highest BCUT2D eigenvalue weighted by Crippen LogP contribution is 2.24. The fraction of sp³-hybridized carbons (Fsp3) is 0.417. The summed E-state index contributed by atoms with van der Waals surface area (Å²) in [7, 11) is 0. The highest BCUT2D eigenvalue weighted by Gasteiger charge is 2.40. The van der Waals surface area contributed by atoms with Crippen LogP contribution in [0.5, 0.6) is 0 Å². The van der Waals surface area contributed by atoms with Gasteiger partial charge in [0, 0.05) is 9.99 Å². The molecule has 1 fully saturated rings. The summed E-state index contributed by atoms with van der Waals surface area (Å²) >= 11 is 2.25. The summed E-state index contributed by atoms with van der Waals surface area (Å²) in [5, 5.41) is 12.4. The number of hydrogen-bond donors (Lipinski definition) is 2. The van der Waals surface area contributed by atoms with E-state index in [0.29, 0.717) is 12.8 Å². The van der Waals surface area contributed by atoms with Crippen molar-refractivity contribution >= 4 is 28.6 Å². The summed E-state index contributed by atoms with van der Waals surface area (Å²) < 4.78 is 1.17. The van der Waals surface area contributed by atoms with Crippen molar-refractivity contribution in [1.29, 1.82) is 0 Å². The topological polar surface area (TPSA) is 49.3 Å². The zero-order chi connectivity index (χ0) is 11.6. The molecule has 3 nitrogen and oxygen atoms in total. The van der Waals surface area contributed by atoms with Crippen LogP contribution in [0.1, 0.15) is 18.4 Å². The number of rotatable bonds is 3. The van der Waals surface area contributed by atoms with Crippen LogP contribution in [0.4, 0.5) is 0 Å². The molecule has 0 unspecified atom stereocenters. The van der Waals surface area contributed by atoms with Gasteiger partial charge in [-0.25, -0.2) is 0 Å². The molecule has 1 aromatic rings. The number of nitrogens with one attached hydrogen (secondary N) is 1. The standard InChI is InChI=1S/C12H14INO2/c13-10-4-2-9(3-5-10)8-12(11(15)16)6-1-7-14-12/h2-5,14H,1,6-8H2,(H,15,16)/t12-/m1/s1. The van der Waals surface area contributed by atoms with Crippen LogP contribution in [0, 0.1) is 3.57 Å². The van der Waals surface area contributed by atoms with E-state index in [0.717, 1.165) is 18.5 Å². The Morgan fingerprint density at radius 1 is 1.44 bits per heavy atom. The molecule has 0 saturated carbocycles. The second-order valence-corrected chi connectivity index (χ2v) is 5.47. The molecule has 4 heteroatoms. The average Bonchev–Trinajstić information content (AvgIpc) is 2.71. The molecule has 1 aliphatic rings. The summed E-state index contributed by atoms with van der Waals surface area (Å²) in [4.78, 5) is 11.3. The van der Waals surface area contributed by atoms with Gasteiger partial charge in [0.05, 0.1) is 0 Å². The number of carboxylic acid groups (broad SMARTS) is 1. The quantitative estimate of drug-likeness (QED) is 0.834. The number of benzene rings is 1. The van der Waals surface area contributed by atoms with E-state index in [9.17, 15) is 9.90 Å². The minimum Gasteiger partial charge on any atom is -0.480 e. The molecule has 1 saturated heterocycles. The van der Waals surface area contributed by atoms with E-state index in [2.05, 4.69) is 27.9 Å². The van der Waals surface area contributed by atoms with E-state index in [4.69, 9.17) is 0 Å². The van der Waals surface area contributed by atoms with Gasteiger partial charge in [-0.1, -0.05) is 12.1 Å². The highest BCUT2D eigenvalue weighted by molar-refractivity contribution is 14.1. The SMILES string of the molecule is O=C(O)[C@]1(Cc2ccc(I)cc2)CCCN1. The smallest absolute Gasteiger partial charge is 0.324 e. The van der Waals surface area contributed by atoms with Crippen molar-refractivity contribution in [3.63, 3.8) is 0 Å². The molecular formula is C12H14INO2. The van der Waals surface area contributed by atoms with Crippen molar-refractivity contribution in [1.82, 2.24) is 5.32 Å². The maximum absolute atomic E-state index is 11.3. The van der Waals surface area contributed by atoms with Crippen molar-refractivity contribution in [2.45, 2.75) is 24.8 Å². The van der Waals surface area contributed by atoms with Crippen molar-refractivity contribution in [3.05, 3.63) is 33.4 Å². The van der Waals surface area contributed by atoms with Crippen LogP contribution in [-0.4, -0.2) is 23.2 Å². The third-order valence-electron chi connectivity index (χ3n) is 3.07. The van der Waals surface area contributed by atoms with Crippen LogP contribution >= 0.6 is 22.6 Å². The lowest BCUT2D eigenvalue weighted by Gasteiger charge is -2.24. The van der Waals surface area contributed by atoms with Gasteiger partial charge in [-0.2, -0.15) is 0 Å². The predicted octanol–water partition coefficient (Wildman–Crippen LogP) is 2.04. The summed E-state index contributed by atoms with van der Waals surface area (Å²) in [6, 6.07) is 8.04.